The Balaban J connectivity index is 1.59. The summed E-state index contributed by atoms with van der Waals surface area (Å²) in [5, 5.41) is 5.31. The highest BCUT2D eigenvalue weighted by Crippen LogP contribution is 2.24. The maximum atomic E-state index is 12.4. The molecule has 3 rings (SSSR count). The van der Waals surface area contributed by atoms with Crippen LogP contribution in [0, 0.1) is 0 Å². The van der Waals surface area contributed by atoms with Crippen molar-refractivity contribution in [2.45, 2.75) is 39.2 Å². The summed E-state index contributed by atoms with van der Waals surface area (Å²) in [6, 6.07) is 11.1. The number of anilines is 2. The molecule has 2 amide bonds. The number of amides is 2. The van der Waals surface area contributed by atoms with Crippen LogP contribution >= 0.6 is 0 Å². The lowest BCUT2D eigenvalue weighted by atomic mass is 9.99. The van der Waals surface area contributed by atoms with E-state index in [-0.39, 0.29) is 17.3 Å². The molecule has 31 heavy (non-hydrogen) atoms. The number of carbonyl (C=O) groups is 4. The fourth-order valence-corrected chi connectivity index (χ4v) is 3.00. The summed E-state index contributed by atoms with van der Waals surface area (Å²) in [4.78, 5) is 48.1. The van der Waals surface area contributed by atoms with Gasteiger partial charge in [0.05, 0.1) is 5.56 Å². The summed E-state index contributed by atoms with van der Waals surface area (Å²) in [5.41, 5.74) is 1.88. The van der Waals surface area contributed by atoms with Crippen LogP contribution in [0.1, 0.15) is 53.5 Å². The molecule has 2 N–H and O–H groups in total. The first-order valence-corrected chi connectivity index (χ1v) is 9.84. The molecule has 0 bridgehead atoms. The molecule has 0 fully saturated rings. The van der Waals surface area contributed by atoms with Crippen molar-refractivity contribution in [1.29, 1.82) is 0 Å². The third-order valence-corrected chi connectivity index (χ3v) is 4.40. The van der Waals surface area contributed by atoms with E-state index in [2.05, 4.69) is 10.6 Å². The molecule has 1 aliphatic heterocycles. The Morgan fingerprint density at radius 2 is 1.81 bits per heavy atom. The van der Waals surface area contributed by atoms with Crippen LogP contribution in [0.25, 0.3) is 0 Å². The molecule has 0 spiro atoms. The van der Waals surface area contributed by atoms with Crippen molar-refractivity contribution in [3.05, 3.63) is 59.2 Å². The molecule has 8 nitrogen and oxygen atoms in total. The predicted octanol–water partition coefficient (Wildman–Crippen LogP) is 3.96. The van der Waals surface area contributed by atoms with E-state index in [0.717, 1.165) is 5.56 Å². The SMILES string of the molecule is CC(C)(C)OC(=O)Nc1cccc(C(=O)OCC(=O)c2ccc3c(c2)CCC(=O)N3)c1. The number of rotatable bonds is 5. The number of esters is 1. The standard InChI is InChI=1S/C23H24N2O6/c1-23(2,3)31-22(29)24-17-6-4-5-16(12-17)21(28)30-13-19(26)15-7-9-18-14(11-15)8-10-20(27)25-18/h4-7,9,11-12H,8,10,13H2,1-3H3,(H,24,29)(H,25,27). The lowest BCUT2D eigenvalue weighted by Crippen LogP contribution is -2.27. The van der Waals surface area contributed by atoms with Crippen molar-refractivity contribution in [3.63, 3.8) is 0 Å². The molecule has 2 aromatic rings. The van der Waals surface area contributed by atoms with E-state index in [4.69, 9.17) is 9.47 Å². The van der Waals surface area contributed by atoms with Gasteiger partial charge in [-0.25, -0.2) is 9.59 Å². The molecule has 0 atom stereocenters. The molecular formula is C23H24N2O6. The Morgan fingerprint density at radius 3 is 2.55 bits per heavy atom. The summed E-state index contributed by atoms with van der Waals surface area (Å²) in [7, 11) is 0. The van der Waals surface area contributed by atoms with E-state index in [1.165, 1.54) is 12.1 Å². The summed E-state index contributed by atoms with van der Waals surface area (Å²) in [5.74, 6) is -1.09. The van der Waals surface area contributed by atoms with Crippen LogP contribution in [-0.2, 0) is 20.7 Å². The van der Waals surface area contributed by atoms with Crippen LogP contribution in [0.4, 0.5) is 16.2 Å². The van der Waals surface area contributed by atoms with Crippen molar-refractivity contribution in [2.24, 2.45) is 0 Å². The number of Topliss-reactive ketones (excluding diaryl/α,β-unsaturated/α-hetero) is 1. The quantitative estimate of drug-likeness (QED) is 0.555. The third-order valence-electron chi connectivity index (χ3n) is 4.40. The van der Waals surface area contributed by atoms with E-state index in [9.17, 15) is 19.2 Å². The summed E-state index contributed by atoms with van der Waals surface area (Å²) < 4.78 is 10.3. The second kappa shape index (κ2) is 8.99. The van der Waals surface area contributed by atoms with Crippen LogP contribution in [0.2, 0.25) is 0 Å². The monoisotopic (exact) mass is 424 g/mol. The fourth-order valence-electron chi connectivity index (χ4n) is 3.00. The summed E-state index contributed by atoms with van der Waals surface area (Å²) >= 11 is 0. The fraction of sp³-hybridized carbons (Fsp3) is 0.304. The minimum absolute atomic E-state index is 0.0519. The normalized spacial score (nSPS) is 12.9. The number of ether oxygens (including phenoxy) is 2. The number of hydrogen-bond acceptors (Lipinski definition) is 6. The molecule has 1 heterocycles. The number of ketones is 1. The van der Waals surface area contributed by atoms with Crippen molar-refractivity contribution in [1.82, 2.24) is 0 Å². The van der Waals surface area contributed by atoms with Gasteiger partial charge in [0, 0.05) is 23.4 Å². The number of benzene rings is 2. The second-order valence-electron chi connectivity index (χ2n) is 8.13. The minimum atomic E-state index is -0.689. The Labute approximate surface area is 179 Å². The van der Waals surface area contributed by atoms with Gasteiger partial charge < -0.3 is 14.8 Å². The lowest BCUT2D eigenvalue weighted by Gasteiger charge is -2.19. The molecular weight excluding hydrogens is 400 g/mol. The zero-order valence-electron chi connectivity index (χ0n) is 17.6. The molecule has 0 saturated carbocycles. The highest BCUT2D eigenvalue weighted by Gasteiger charge is 2.19. The van der Waals surface area contributed by atoms with Gasteiger partial charge in [-0.2, -0.15) is 0 Å². The van der Waals surface area contributed by atoms with E-state index in [0.29, 0.717) is 29.8 Å². The van der Waals surface area contributed by atoms with Crippen LogP contribution in [0.15, 0.2) is 42.5 Å². The summed E-state index contributed by atoms with van der Waals surface area (Å²) in [6.45, 7) is 4.82. The molecule has 0 radical (unpaired) electrons. The molecule has 8 heteroatoms. The molecule has 0 aliphatic carbocycles. The highest BCUT2D eigenvalue weighted by atomic mass is 16.6. The maximum Gasteiger partial charge on any atom is 0.412 e. The van der Waals surface area contributed by atoms with Crippen molar-refractivity contribution in [2.75, 3.05) is 17.2 Å². The van der Waals surface area contributed by atoms with Crippen LogP contribution in [0.3, 0.4) is 0 Å². The van der Waals surface area contributed by atoms with Gasteiger partial charge in [-0.15, -0.1) is 0 Å². The van der Waals surface area contributed by atoms with E-state index < -0.39 is 24.3 Å². The first-order chi connectivity index (χ1) is 14.6. The molecule has 0 saturated heterocycles. The van der Waals surface area contributed by atoms with Gasteiger partial charge >= 0.3 is 12.1 Å². The molecule has 1 aliphatic rings. The largest absolute Gasteiger partial charge is 0.454 e. The van der Waals surface area contributed by atoms with Gasteiger partial charge in [0.1, 0.15) is 5.60 Å². The van der Waals surface area contributed by atoms with E-state index >= 15 is 0 Å². The average molecular weight is 424 g/mol. The number of carbonyl (C=O) groups excluding carboxylic acids is 4. The number of hydrogen-bond donors (Lipinski definition) is 2. The van der Waals surface area contributed by atoms with Crippen LogP contribution < -0.4 is 10.6 Å². The lowest BCUT2D eigenvalue weighted by molar-refractivity contribution is -0.116. The summed E-state index contributed by atoms with van der Waals surface area (Å²) in [6.07, 6.45) is 0.282. The van der Waals surface area contributed by atoms with Crippen LogP contribution in [0.5, 0.6) is 0 Å². The maximum absolute atomic E-state index is 12.4. The van der Waals surface area contributed by atoms with Crippen molar-refractivity contribution in [3.8, 4) is 0 Å². The van der Waals surface area contributed by atoms with Gasteiger partial charge in [-0.3, -0.25) is 14.9 Å². The van der Waals surface area contributed by atoms with Crippen LogP contribution in [-0.4, -0.2) is 36.0 Å². The molecule has 0 unspecified atom stereocenters. The topological polar surface area (TPSA) is 111 Å². The Bertz CT molecular complexity index is 1040. The highest BCUT2D eigenvalue weighted by molar-refractivity contribution is 6.01. The zero-order chi connectivity index (χ0) is 22.6. The zero-order valence-corrected chi connectivity index (χ0v) is 17.6. The van der Waals surface area contributed by atoms with E-state index in [1.54, 1.807) is 51.1 Å². The molecule has 162 valence electrons. The molecule has 2 aromatic carbocycles. The Hall–Kier alpha value is -3.68. The first kappa shape index (κ1) is 22.0. The number of nitrogens with one attached hydrogen (secondary N) is 2. The number of fused-ring (bicyclic) bond motifs is 1. The third kappa shape index (κ3) is 6.15. The van der Waals surface area contributed by atoms with Gasteiger partial charge in [-0.1, -0.05) is 6.07 Å². The number of aryl methyl sites for hydroxylation is 1. The van der Waals surface area contributed by atoms with E-state index in [1.807, 2.05) is 0 Å². The first-order valence-electron chi connectivity index (χ1n) is 9.84. The average Bonchev–Trinajstić information content (AvgIpc) is 2.70. The molecule has 0 aromatic heterocycles. The van der Waals surface area contributed by atoms with Gasteiger partial charge in [0.2, 0.25) is 5.91 Å². The second-order valence-corrected chi connectivity index (χ2v) is 8.13. The Kier molecular flexibility index (Phi) is 6.39. The van der Waals surface area contributed by atoms with Gasteiger partial charge in [-0.05, 0) is 69.2 Å². The predicted molar refractivity (Wildman–Crippen MR) is 114 cm³/mol. The smallest absolute Gasteiger partial charge is 0.412 e. The van der Waals surface area contributed by atoms with Crippen molar-refractivity contribution < 1.29 is 28.7 Å². The van der Waals surface area contributed by atoms with Gasteiger partial charge in [0.25, 0.3) is 0 Å². The minimum Gasteiger partial charge on any atom is -0.454 e. The van der Waals surface area contributed by atoms with Gasteiger partial charge in [0.15, 0.2) is 12.4 Å². The Morgan fingerprint density at radius 1 is 1.03 bits per heavy atom. The van der Waals surface area contributed by atoms with Crippen molar-refractivity contribution >= 4 is 35.1 Å².